The number of aromatic nitrogens is 1. The van der Waals surface area contributed by atoms with Crippen molar-refractivity contribution in [2.45, 2.75) is 52.1 Å². The second kappa shape index (κ2) is 14.3. The van der Waals surface area contributed by atoms with Crippen molar-refractivity contribution in [2.24, 2.45) is 0 Å². The molecular weight excluding hydrogens is 530 g/mol. The molecule has 5 rings (SSSR count). The van der Waals surface area contributed by atoms with E-state index >= 15 is 0 Å². The maximum absolute atomic E-state index is 13.2. The summed E-state index contributed by atoms with van der Waals surface area (Å²) in [5.41, 5.74) is 4.35. The highest BCUT2D eigenvalue weighted by Gasteiger charge is 2.21. The number of carbonyl (C=O) groups is 1. The van der Waals surface area contributed by atoms with Crippen LogP contribution in [-0.2, 0) is 13.1 Å². The Morgan fingerprint density at radius 2 is 1.51 bits per heavy atom. The first-order valence-corrected chi connectivity index (χ1v) is 15.5. The number of ether oxygens (including phenoxy) is 2. The standard InChI is InChI=1S/C34H39N3O3S/c1-3-18-37(19-4-2)34(38)30-24-41-33(35-30)23-36(22-26-15-16-31-32(21-26)40-25-39-31)20-17-29(27-11-7-5-8-12-27)28-13-9-6-10-14-28/h5-16,21,24,29H,3-4,17-20,22-23,25H2,1-2H3. The van der Waals surface area contributed by atoms with Crippen molar-refractivity contribution in [3.8, 4) is 11.5 Å². The number of rotatable bonds is 14. The number of fused-ring (bicyclic) bond motifs is 1. The molecule has 1 aliphatic heterocycles. The van der Waals surface area contributed by atoms with Gasteiger partial charge in [0.1, 0.15) is 10.7 Å². The summed E-state index contributed by atoms with van der Waals surface area (Å²) in [5, 5.41) is 2.88. The first-order chi connectivity index (χ1) is 20.1. The van der Waals surface area contributed by atoms with Gasteiger partial charge in [0.05, 0.1) is 6.54 Å². The molecular formula is C34H39N3O3S. The summed E-state index contributed by atoms with van der Waals surface area (Å²) in [6, 6.07) is 27.6. The lowest BCUT2D eigenvalue weighted by molar-refractivity contribution is 0.0750. The van der Waals surface area contributed by atoms with Crippen molar-refractivity contribution in [3.05, 3.63) is 112 Å². The van der Waals surface area contributed by atoms with Crippen LogP contribution in [0.4, 0.5) is 0 Å². The first-order valence-electron chi connectivity index (χ1n) is 14.6. The minimum Gasteiger partial charge on any atom is -0.454 e. The van der Waals surface area contributed by atoms with Gasteiger partial charge in [-0.05, 0) is 54.6 Å². The van der Waals surface area contributed by atoms with E-state index in [1.54, 1.807) is 11.3 Å². The van der Waals surface area contributed by atoms with Crippen LogP contribution in [0.5, 0.6) is 11.5 Å². The van der Waals surface area contributed by atoms with Crippen molar-refractivity contribution in [2.75, 3.05) is 26.4 Å². The van der Waals surface area contributed by atoms with Gasteiger partial charge >= 0.3 is 0 Å². The average molecular weight is 570 g/mol. The fourth-order valence-electron chi connectivity index (χ4n) is 5.41. The summed E-state index contributed by atoms with van der Waals surface area (Å²) >= 11 is 1.57. The second-order valence-electron chi connectivity index (χ2n) is 10.5. The van der Waals surface area contributed by atoms with Gasteiger partial charge in [0, 0.05) is 30.9 Å². The SMILES string of the molecule is CCCN(CCC)C(=O)c1csc(CN(CCC(c2ccccc2)c2ccccc2)Cc2ccc3c(c2)OCO3)n1. The summed E-state index contributed by atoms with van der Waals surface area (Å²) in [5.74, 6) is 1.90. The van der Waals surface area contributed by atoms with Gasteiger partial charge in [0.25, 0.3) is 5.91 Å². The third-order valence-electron chi connectivity index (χ3n) is 7.39. The lowest BCUT2D eigenvalue weighted by Gasteiger charge is -2.25. The number of benzene rings is 3. The van der Waals surface area contributed by atoms with Crippen LogP contribution in [0.15, 0.2) is 84.2 Å². The summed E-state index contributed by atoms with van der Waals surface area (Å²) < 4.78 is 11.2. The zero-order chi connectivity index (χ0) is 28.4. The highest BCUT2D eigenvalue weighted by atomic mass is 32.1. The molecule has 214 valence electrons. The van der Waals surface area contributed by atoms with Crippen LogP contribution in [0.2, 0.25) is 0 Å². The summed E-state index contributed by atoms with van der Waals surface area (Å²) in [6.45, 7) is 8.28. The maximum atomic E-state index is 13.2. The molecule has 0 atom stereocenters. The van der Waals surface area contributed by atoms with Gasteiger partial charge in [-0.1, -0.05) is 80.6 Å². The van der Waals surface area contributed by atoms with Gasteiger partial charge in [-0.3, -0.25) is 9.69 Å². The summed E-state index contributed by atoms with van der Waals surface area (Å²) in [4.78, 5) is 22.4. The Kier molecular flexibility index (Phi) is 10.0. The minimum absolute atomic E-state index is 0.0340. The van der Waals surface area contributed by atoms with Crippen LogP contribution in [0.25, 0.3) is 0 Å². The van der Waals surface area contributed by atoms with Crippen LogP contribution in [0, 0.1) is 0 Å². The number of carbonyl (C=O) groups excluding carboxylic acids is 1. The lowest BCUT2D eigenvalue weighted by Crippen LogP contribution is -2.32. The highest BCUT2D eigenvalue weighted by molar-refractivity contribution is 7.09. The van der Waals surface area contributed by atoms with Crippen molar-refractivity contribution in [1.82, 2.24) is 14.8 Å². The molecule has 3 aromatic carbocycles. The van der Waals surface area contributed by atoms with Crippen molar-refractivity contribution < 1.29 is 14.3 Å². The van der Waals surface area contributed by atoms with Gasteiger partial charge in [0.2, 0.25) is 6.79 Å². The monoisotopic (exact) mass is 569 g/mol. The Hall–Kier alpha value is -3.68. The minimum atomic E-state index is 0.0340. The Bertz CT molecular complexity index is 1350. The zero-order valence-electron chi connectivity index (χ0n) is 24.0. The molecule has 0 unspecified atom stereocenters. The second-order valence-corrected chi connectivity index (χ2v) is 11.4. The molecule has 4 aromatic rings. The molecule has 7 heteroatoms. The predicted molar refractivity (Wildman–Crippen MR) is 165 cm³/mol. The number of hydrogen-bond donors (Lipinski definition) is 0. The third-order valence-corrected chi connectivity index (χ3v) is 8.22. The quantitative estimate of drug-likeness (QED) is 0.159. The van der Waals surface area contributed by atoms with E-state index in [1.807, 2.05) is 16.3 Å². The average Bonchev–Trinajstić information content (AvgIpc) is 3.67. The van der Waals surface area contributed by atoms with E-state index in [2.05, 4.69) is 91.5 Å². The summed E-state index contributed by atoms with van der Waals surface area (Å²) in [7, 11) is 0. The Morgan fingerprint density at radius 3 is 2.17 bits per heavy atom. The predicted octanol–water partition coefficient (Wildman–Crippen LogP) is 7.36. The molecule has 0 radical (unpaired) electrons. The lowest BCUT2D eigenvalue weighted by atomic mass is 9.88. The van der Waals surface area contributed by atoms with Crippen molar-refractivity contribution >= 4 is 17.2 Å². The molecule has 6 nitrogen and oxygen atoms in total. The molecule has 0 bridgehead atoms. The van der Waals surface area contributed by atoms with Crippen LogP contribution >= 0.6 is 11.3 Å². The van der Waals surface area contributed by atoms with E-state index in [9.17, 15) is 4.79 Å². The van der Waals surface area contributed by atoms with Crippen LogP contribution in [0.1, 0.15) is 71.2 Å². The van der Waals surface area contributed by atoms with E-state index in [0.29, 0.717) is 12.2 Å². The summed E-state index contributed by atoms with van der Waals surface area (Å²) in [6.07, 6.45) is 2.84. The van der Waals surface area contributed by atoms with Crippen molar-refractivity contribution in [1.29, 1.82) is 0 Å². The van der Waals surface area contributed by atoms with E-state index in [-0.39, 0.29) is 18.6 Å². The molecule has 0 saturated carbocycles. The van der Waals surface area contributed by atoms with E-state index in [0.717, 1.165) is 67.5 Å². The van der Waals surface area contributed by atoms with Gasteiger partial charge in [0.15, 0.2) is 11.5 Å². The molecule has 0 spiro atoms. The Morgan fingerprint density at radius 1 is 0.854 bits per heavy atom. The number of amides is 1. The van der Waals surface area contributed by atoms with Gasteiger partial charge < -0.3 is 14.4 Å². The molecule has 1 aliphatic rings. The van der Waals surface area contributed by atoms with E-state index < -0.39 is 0 Å². The van der Waals surface area contributed by atoms with E-state index in [4.69, 9.17) is 14.5 Å². The fourth-order valence-corrected chi connectivity index (χ4v) is 6.22. The molecule has 0 aliphatic carbocycles. The number of hydrogen-bond acceptors (Lipinski definition) is 6. The highest BCUT2D eigenvalue weighted by Crippen LogP contribution is 2.34. The molecule has 41 heavy (non-hydrogen) atoms. The topological polar surface area (TPSA) is 54.9 Å². The molecule has 1 aromatic heterocycles. The number of nitrogens with zero attached hydrogens (tertiary/aromatic N) is 3. The molecule has 0 saturated heterocycles. The van der Waals surface area contributed by atoms with E-state index in [1.165, 1.54) is 11.1 Å². The third kappa shape index (κ3) is 7.54. The first kappa shape index (κ1) is 28.8. The van der Waals surface area contributed by atoms with Gasteiger partial charge in [-0.15, -0.1) is 11.3 Å². The maximum Gasteiger partial charge on any atom is 0.273 e. The Balaban J connectivity index is 1.36. The largest absolute Gasteiger partial charge is 0.454 e. The van der Waals surface area contributed by atoms with Gasteiger partial charge in [-0.2, -0.15) is 0 Å². The van der Waals surface area contributed by atoms with Crippen LogP contribution in [-0.4, -0.2) is 47.1 Å². The van der Waals surface area contributed by atoms with Gasteiger partial charge in [-0.25, -0.2) is 4.98 Å². The molecule has 2 heterocycles. The van der Waals surface area contributed by atoms with Crippen LogP contribution in [0.3, 0.4) is 0 Å². The Labute approximate surface area is 247 Å². The smallest absolute Gasteiger partial charge is 0.273 e. The fraction of sp³-hybridized carbons (Fsp3) is 0.353. The molecule has 1 amide bonds. The molecule has 0 N–H and O–H groups in total. The molecule has 0 fully saturated rings. The zero-order valence-corrected chi connectivity index (χ0v) is 24.8. The number of thiazole rings is 1. The van der Waals surface area contributed by atoms with Crippen LogP contribution < -0.4 is 9.47 Å². The van der Waals surface area contributed by atoms with Crippen molar-refractivity contribution in [3.63, 3.8) is 0 Å². The normalized spacial score (nSPS) is 12.3.